The van der Waals surface area contributed by atoms with Crippen LogP contribution in [0.25, 0.3) is 33.9 Å². The van der Waals surface area contributed by atoms with Crippen molar-refractivity contribution in [3.63, 3.8) is 0 Å². The van der Waals surface area contributed by atoms with E-state index in [-0.39, 0.29) is 5.88 Å². The number of hydrogen-bond acceptors (Lipinski definition) is 4. The van der Waals surface area contributed by atoms with Crippen LogP contribution in [0.4, 0.5) is 0 Å². The number of hydrogen-bond donors (Lipinski definition) is 1. The molecule has 0 fully saturated rings. The first-order valence-corrected chi connectivity index (χ1v) is 7.57. The fourth-order valence-corrected chi connectivity index (χ4v) is 2.61. The van der Waals surface area contributed by atoms with Gasteiger partial charge in [0.15, 0.2) is 5.76 Å². The largest absolute Gasteiger partial charge is 0.493 e. The van der Waals surface area contributed by atoms with Crippen LogP contribution < -0.4 is 0 Å². The van der Waals surface area contributed by atoms with Crippen LogP contribution >= 0.6 is 0 Å². The quantitative estimate of drug-likeness (QED) is 0.591. The monoisotopic (exact) mass is 314 g/mol. The van der Waals surface area contributed by atoms with Crippen molar-refractivity contribution in [2.45, 2.75) is 0 Å². The number of benzene rings is 2. The Kier molecular flexibility index (Phi) is 3.56. The molecule has 2 aromatic heterocycles. The minimum absolute atomic E-state index is 0.0348. The normalized spacial score (nSPS) is 10.7. The molecule has 0 saturated carbocycles. The molecule has 4 aromatic rings. The van der Waals surface area contributed by atoms with Gasteiger partial charge in [0, 0.05) is 23.4 Å². The lowest BCUT2D eigenvalue weighted by molar-refractivity contribution is 0.454. The summed E-state index contributed by atoms with van der Waals surface area (Å²) < 4.78 is 5.93. The molecule has 0 aliphatic carbocycles. The molecule has 2 heterocycles. The molecule has 0 radical (unpaired) electrons. The number of pyridine rings is 1. The molecule has 0 atom stereocenters. The van der Waals surface area contributed by atoms with Crippen LogP contribution in [0.15, 0.2) is 83.5 Å². The lowest BCUT2D eigenvalue weighted by Crippen LogP contribution is -1.87. The molecule has 0 amide bonds. The number of oxazole rings is 1. The summed E-state index contributed by atoms with van der Waals surface area (Å²) in [6.45, 7) is 0. The number of aromatic hydroxyl groups is 1. The Morgan fingerprint density at radius 3 is 2.08 bits per heavy atom. The van der Waals surface area contributed by atoms with E-state index in [9.17, 15) is 5.11 Å². The molecule has 4 nitrogen and oxygen atoms in total. The molecule has 4 heteroatoms. The molecule has 0 aliphatic rings. The summed E-state index contributed by atoms with van der Waals surface area (Å²) in [6.07, 6.45) is 3.28. The first-order valence-electron chi connectivity index (χ1n) is 7.57. The third-order valence-corrected chi connectivity index (χ3v) is 3.77. The number of rotatable bonds is 3. The van der Waals surface area contributed by atoms with E-state index in [0.29, 0.717) is 11.7 Å². The maximum absolute atomic E-state index is 9.77. The topological polar surface area (TPSA) is 59.2 Å². The summed E-state index contributed by atoms with van der Waals surface area (Å²) in [5.74, 6) is 1.13. The summed E-state index contributed by atoms with van der Waals surface area (Å²) >= 11 is 0. The van der Waals surface area contributed by atoms with E-state index in [1.807, 2.05) is 60.7 Å². The zero-order valence-electron chi connectivity index (χ0n) is 12.8. The van der Waals surface area contributed by atoms with Crippen molar-refractivity contribution in [2.24, 2.45) is 0 Å². The molecular formula is C20H14N2O2. The summed E-state index contributed by atoms with van der Waals surface area (Å²) in [4.78, 5) is 8.37. The predicted octanol–water partition coefficient (Wildman–Crippen LogP) is 4.78. The van der Waals surface area contributed by atoms with Crippen LogP contribution in [0.5, 0.6) is 5.88 Å². The predicted molar refractivity (Wildman–Crippen MR) is 92.3 cm³/mol. The van der Waals surface area contributed by atoms with Gasteiger partial charge in [-0.1, -0.05) is 60.7 Å². The second-order valence-corrected chi connectivity index (χ2v) is 5.35. The molecule has 2 aromatic carbocycles. The summed E-state index contributed by atoms with van der Waals surface area (Å²) in [5.41, 5.74) is 3.49. The Morgan fingerprint density at radius 1 is 0.708 bits per heavy atom. The van der Waals surface area contributed by atoms with Gasteiger partial charge in [-0.2, -0.15) is 0 Å². The molecule has 116 valence electrons. The molecule has 4 rings (SSSR count). The summed E-state index contributed by atoms with van der Waals surface area (Å²) in [6, 6.07) is 21.2. The zero-order valence-corrected chi connectivity index (χ0v) is 12.8. The third kappa shape index (κ3) is 2.65. The van der Waals surface area contributed by atoms with Crippen molar-refractivity contribution in [2.75, 3.05) is 0 Å². The molecule has 0 bridgehead atoms. The molecule has 0 aliphatic heterocycles. The lowest BCUT2D eigenvalue weighted by atomic mass is 10.0. The Balaban J connectivity index is 1.82. The molecular weight excluding hydrogens is 300 g/mol. The van der Waals surface area contributed by atoms with Crippen LogP contribution in [-0.4, -0.2) is 15.1 Å². The van der Waals surface area contributed by atoms with Crippen molar-refractivity contribution >= 4 is 0 Å². The van der Waals surface area contributed by atoms with Gasteiger partial charge in [-0.15, -0.1) is 0 Å². The second-order valence-electron chi connectivity index (χ2n) is 5.35. The van der Waals surface area contributed by atoms with E-state index in [2.05, 4.69) is 9.97 Å². The van der Waals surface area contributed by atoms with Crippen molar-refractivity contribution < 1.29 is 9.52 Å². The van der Waals surface area contributed by atoms with E-state index in [0.717, 1.165) is 22.3 Å². The highest BCUT2D eigenvalue weighted by atomic mass is 16.4. The Morgan fingerprint density at radius 2 is 1.38 bits per heavy atom. The Labute approximate surface area is 139 Å². The molecule has 1 N–H and O–H groups in total. The van der Waals surface area contributed by atoms with Gasteiger partial charge in [-0.05, 0) is 5.56 Å². The van der Waals surface area contributed by atoms with Crippen molar-refractivity contribution in [3.8, 4) is 39.8 Å². The van der Waals surface area contributed by atoms with Gasteiger partial charge in [-0.25, -0.2) is 9.97 Å². The van der Waals surface area contributed by atoms with Gasteiger partial charge >= 0.3 is 0 Å². The molecule has 0 saturated heterocycles. The fraction of sp³-hybridized carbons (Fsp3) is 0. The first-order chi connectivity index (χ1) is 11.8. The lowest BCUT2D eigenvalue weighted by Gasteiger charge is -2.07. The van der Waals surface area contributed by atoms with Crippen LogP contribution in [0, 0.1) is 0 Å². The van der Waals surface area contributed by atoms with Crippen molar-refractivity contribution in [1.82, 2.24) is 9.97 Å². The van der Waals surface area contributed by atoms with Gasteiger partial charge in [-0.3, -0.25) is 0 Å². The van der Waals surface area contributed by atoms with Gasteiger partial charge in [0.1, 0.15) is 0 Å². The Hall–Kier alpha value is -3.40. The maximum atomic E-state index is 9.77. The minimum atomic E-state index is -0.0348. The molecule has 0 unspecified atom stereocenters. The minimum Gasteiger partial charge on any atom is -0.493 e. The van der Waals surface area contributed by atoms with Crippen molar-refractivity contribution in [3.05, 3.63) is 79.1 Å². The second kappa shape index (κ2) is 6.01. The van der Waals surface area contributed by atoms with Gasteiger partial charge in [0.25, 0.3) is 0 Å². The van der Waals surface area contributed by atoms with E-state index >= 15 is 0 Å². The summed E-state index contributed by atoms with van der Waals surface area (Å²) in [7, 11) is 0. The van der Waals surface area contributed by atoms with Crippen LogP contribution in [0.3, 0.4) is 0 Å². The SMILES string of the molecule is Oc1cc(-c2ccccc2)c(-c2ncc(-c3ccccc3)o2)cn1. The number of aromatic nitrogens is 2. The van der Waals surface area contributed by atoms with Crippen molar-refractivity contribution in [1.29, 1.82) is 0 Å². The standard InChI is InChI=1S/C20H14N2O2/c23-19-11-16(14-7-3-1-4-8-14)17(12-21-19)20-22-13-18(24-20)15-9-5-2-6-10-15/h1-13H,(H,21,23). The highest BCUT2D eigenvalue weighted by Gasteiger charge is 2.15. The van der Waals surface area contributed by atoms with Crippen LogP contribution in [-0.2, 0) is 0 Å². The molecule has 24 heavy (non-hydrogen) atoms. The molecule has 0 spiro atoms. The Bertz CT molecular complexity index is 963. The van der Waals surface area contributed by atoms with Gasteiger partial charge in [0.05, 0.1) is 11.8 Å². The van der Waals surface area contributed by atoms with Crippen LogP contribution in [0.1, 0.15) is 0 Å². The average Bonchev–Trinajstić information content (AvgIpc) is 3.13. The van der Waals surface area contributed by atoms with E-state index < -0.39 is 0 Å². The smallest absolute Gasteiger partial charge is 0.228 e. The first kappa shape index (κ1) is 14.2. The van der Waals surface area contributed by atoms with E-state index in [1.165, 1.54) is 0 Å². The fourth-order valence-electron chi connectivity index (χ4n) is 2.61. The van der Waals surface area contributed by atoms with Gasteiger partial charge < -0.3 is 9.52 Å². The number of nitrogens with zero attached hydrogens (tertiary/aromatic N) is 2. The summed E-state index contributed by atoms with van der Waals surface area (Å²) in [5, 5.41) is 9.77. The maximum Gasteiger partial charge on any atom is 0.228 e. The zero-order chi connectivity index (χ0) is 16.4. The van der Waals surface area contributed by atoms with Crippen LogP contribution in [0.2, 0.25) is 0 Å². The van der Waals surface area contributed by atoms with Gasteiger partial charge in [0.2, 0.25) is 11.8 Å². The highest BCUT2D eigenvalue weighted by molar-refractivity contribution is 5.80. The highest BCUT2D eigenvalue weighted by Crippen LogP contribution is 2.34. The van der Waals surface area contributed by atoms with E-state index in [4.69, 9.17) is 4.42 Å². The third-order valence-electron chi connectivity index (χ3n) is 3.77. The average molecular weight is 314 g/mol. The van der Waals surface area contributed by atoms with E-state index in [1.54, 1.807) is 18.5 Å².